The second kappa shape index (κ2) is 11.1. The molecule has 3 rings (SSSR count). The van der Waals surface area contributed by atoms with Gasteiger partial charge in [0.1, 0.15) is 12.3 Å². The normalized spacial score (nSPS) is 11.3. The van der Waals surface area contributed by atoms with Gasteiger partial charge in [-0.1, -0.05) is 40.9 Å². The molecule has 170 valence electrons. The topological polar surface area (TPSA) is 79.6 Å². The van der Waals surface area contributed by atoms with Crippen molar-refractivity contribution < 1.29 is 17.6 Å². The van der Waals surface area contributed by atoms with E-state index in [0.29, 0.717) is 23.1 Å². The van der Waals surface area contributed by atoms with Crippen molar-refractivity contribution in [2.75, 3.05) is 23.1 Å². The lowest BCUT2D eigenvalue weighted by Gasteiger charge is -2.24. The number of halogens is 2. The van der Waals surface area contributed by atoms with Gasteiger partial charge in [0.25, 0.3) is 10.0 Å². The number of hydrogen-bond donors (Lipinski definition) is 1. The third-order valence-corrected chi connectivity index (χ3v) is 7.99. The average molecular weight is 513 g/mol. The second-order valence-corrected chi connectivity index (χ2v) is 10.7. The van der Waals surface area contributed by atoms with E-state index < -0.39 is 22.5 Å². The molecule has 3 aromatic rings. The van der Waals surface area contributed by atoms with Crippen molar-refractivity contribution >= 4 is 56.6 Å². The molecule has 0 bridgehead atoms. The Balaban J connectivity index is 1.71. The minimum absolute atomic E-state index is 0.0796. The number of benzene rings is 2. The number of nitrogens with one attached hydrogen (secondary N) is 1. The molecule has 0 fully saturated rings. The summed E-state index contributed by atoms with van der Waals surface area (Å²) in [6, 6.07) is 14.6. The summed E-state index contributed by atoms with van der Waals surface area (Å²) in [4.78, 5) is 12.7. The van der Waals surface area contributed by atoms with Crippen LogP contribution in [0.2, 0.25) is 10.0 Å². The van der Waals surface area contributed by atoms with Gasteiger partial charge in [-0.2, -0.15) is 11.8 Å². The number of anilines is 1. The summed E-state index contributed by atoms with van der Waals surface area (Å²) < 4.78 is 33.0. The fourth-order valence-corrected chi connectivity index (χ4v) is 5.27. The molecule has 0 radical (unpaired) electrons. The maximum Gasteiger partial charge on any atom is 0.264 e. The molecule has 0 unspecified atom stereocenters. The van der Waals surface area contributed by atoms with Crippen LogP contribution in [0, 0.1) is 6.92 Å². The molecule has 0 saturated heterocycles. The van der Waals surface area contributed by atoms with E-state index >= 15 is 0 Å². The highest BCUT2D eigenvalue weighted by molar-refractivity contribution is 7.98. The van der Waals surface area contributed by atoms with Gasteiger partial charge in [0.2, 0.25) is 5.91 Å². The Morgan fingerprint density at radius 3 is 2.50 bits per heavy atom. The first-order chi connectivity index (χ1) is 15.3. The molecule has 2 aromatic carbocycles. The molecular formula is C22H22Cl2N2O4S2. The van der Waals surface area contributed by atoms with Gasteiger partial charge in [-0.25, -0.2) is 8.42 Å². The van der Waals surface area contributed by atoms with Crippen LogP contribution in [0.15, 0.2) is 70.2 Å². The quantitative estimate of drug-likeness (QED) is 0.380. The summed E-state index contributed by atoms with van der Waals surface area (Å²) in [5.74, 6) is 1.78. The lowest BCUT2D eigenvalue weighted by atomic mass is 10.2. The Hall–Kier alpha value is -2.13. The second-order valence-electron chi connectivity index (χ2n) is 6.91. The van der Waals surface area contributed by atoms with Crippen molar-refractivity contribution in [2.45, 2.75) is 17.6 Å². The van der Waals surface area contributed by atoms with Crippen molar-refractivity contribution in [3.05, 3.63) is 82.2 Å². The molecule has 6 nitrogen and oxygen atoms in total. The van der Waals surface area contributed by atoms with Crippen LogP contribution in [0.4, 0.5) is 5.69 Å². The van der Waals surface area contributed by atoms with Crippen LogP contribution in [-0.4, -0.2) is 33.2 Å². The van der Waals surface area contributed by atoms with E-state index in [1.807, 2.05) is 19.1 Å². The van der Waals surface area contributed by atoms with E-state index in [2.05, 4.69) is 5.32 Å². The number of carbonyl (C=O) groups excluding carboxylic acids is 1. The van der Waals surface area contributed by atoms with Crippen LogP contribution in [0.5, 0.6) is 0 Å². The highest BCUT2D eigenvalue weighted by atomic mass is 35.5. The zero-order valence-corrected chi connectivity index (χ0v) is 20.4. The molecule has 0 spiro atoms. The largest absolute Gasteiger partial charge is 0.468 e. The van der Waals surface area contributed by atoms with E-state index in [-0.39, 0.29) is 15.6 Å². The third-order valence-electron chi connectivity index (χ3n) is 4.48. The summed E-state index contributed by atoms with van der Waals surface area (Å²) >= 11 is 13.7. The first-order valence-electron chi connectivity index (χ1n) is 9.68. The van der Waals surface area contributed by atoms with Gasteiger partial charge in [0.15, 0.2) is 0 Å². The predicted molar refractivity (Wildman–Crippen MR) is 130 cm³/mol. The molecule has 1 aromatic heterocycles. The van der Waals surface area contributed by atoms with Gasteiger partial charge >= 0.3 is 0 Å². The summed E-state index contributed by atoms with van der Waals surface area (Å²) in [6.45, 7) is 1.87. The highest BCUT2D eigenvalue weighted by Crippen LogP contribution is 2.30. The third kappa shape index (κ3) is 6.45. The van der Waals surface area contributed by atoms with Gasteiger partial charge in [-0.3, -0.25) is 9.10 Å². The maximum absolute atomic E-state index is 13.3. The SMILES string of the molecule is Cc1ccc(S(=O)(=O)N(CC(=O)NCCSCc2ccco2)c2ccc(Cl)c(Cl)c2)cc1. The first kappa shape index (κ1) is 24.5. The standard InChI is InChI=1S/C22H22Cl2N2O4S2/c1-16-4-7-19(8-5-16)32(28,29)26(17-6-9-20(23)21(24)13-17)14-22(27)25-10-12-31-15-18-3-2-11-30-18/h2-9,11,13H,10,12,14-15H2,1H3,(H,25,27). The number of amides is 1. The lowest BCUT2D eigenvalue weighted by molar-refractivity contribution is -0.119. The summed E-state index contributed by atoms with van der Waals surface area (Å²) in [5, 5.41) is 3.26. The Morgan fingerprint density at radius 1 is 1.09 bits per heavy atom. The number of hydrogen-bond acceptors (Lipinski definition) is 5. The van der Waals surface area contributed by atoms with Gasteiger partial charge in [0, 0.05) is 12.3 Å². The zero-order valence-electron chi connectivity index (χ0n) is 17.3. The maximum atomic E-state index is 13.3. The Bertz CT molecular complexity index is 1150. The fourth-order valence-electron chi connectivity index (χ4n) is 2.81. The van der Waals surface area contributed by atoms with Crippen LogP contribution in [-0.2, 0) is 20.6 Å². The molecule has 1 heterocycles. The number of carbonyl (C=O) groups is 1. The molecule has 1 N–H and O–H groups in total. The monoisotopic (exact) mass is 512 g/mol. The zero-order chi connectivity index (χ0) is 23.1. The Kier molecular flexibility index (Phi) is 8.53. The predicted octanol–water partition coefficient (Wildman–Crippen LogP) is 5.14. The molecule has 32 heavy (non-hydrogen) atoms. The molecule has 0 aliphatic heterocycles. The van der Waals surface area contributed by atoms with E-state index in [1.54, 1.807) is 30.2 Å². The van der Waals surface area contributed by atoms with E-state index in [1.165, 1.54) is 30.3 Å². The number of aryl methyl sites for hydroxylation is 1. The Labute approximate surface area is 201 Å². The van der Waals surface area contributed by atoms with E-state index in [9.17, 15) is 13.2 Å². The minimum atomic E-state index is -4.01. The molecule has 10 heteroatoms. The summed E-state index contributed by atoms with van der Waals surface area (Å²) in [6.07, 6.45) is 1.61. The van der Waals surface area contributed by atoms with Crippen molar-refractivity contribution in [3.8, 4) is 0 Å². The number of sulfonamides is 1. The van der Waals surface area contributed by atoms with E-state index in [0.717, 1.165) is 15.6 Å². The molecule has 0 atom stereocenters. The Morgan fingerprint density at radius 2 is 1.84 bits per heavy atom. The molecule has 0 saturated carbocycles. The van der Waals surface area contributed by atoms with E-state index in [4.69, 9.17) is 27.6 Å². The van der Waals surface area contributed by atoms with Crippen LogP contribution < -0.4 is 9.62 Å². The number of rotatable bonds is 10. The van der Waals surface area contributed by atoms with Crippen molar-refractivity contribution in [3.63, 3.8) is 0 Å². The molecule has 0 aliphatic carbocycles. The number of thioether (sulfide) groups is 1. The van der Waals surface area contributed by atoms with Crippen molar-refractivity contribution in [1.82, 2.24) is 5.32 Å². The average Bonchev–Trinajstić information content (AvgIpc) is 3.27. The highest BCUT2D eigenvalue weighted by Gasteiger charge is 2.27. The number of nitrogens with zero attached hydrogens (tertiary/aromatic N) is 1. The van der Waals surface area contributed by atoms with Crippen LogP contribution in [0.25, 0.3) is 0 Å². The summed E-state index contributed by atoms with van der Waals surface area (Å²) in [5.41, 5.74) is 1.18. The van der Waals surface area contributed by atoms with Gasteiger partial charge < -0.3 is 9.73 Å². The van der Waals surface area contributed by atoms with Gasteiger partial charge in [-0.15, -0.1) is 0 Å². The lowest BCUT2D eigenvalue weighted by Crippen LogP contribution is -2.41. The molecule has 1 amide bonds. The molecule has 0 aliphatic rings. The van der Waals surface area contributed by atoms with Crippen molar-refractivity contribution in [2.24, 2.45) is 0 Å². The molecular weight excluding hydrogens is 491 g/mol. The smallest absolute Gasteiger partial charge is 0.264 e. The summed E-state index contributed by atoms with van der Waals surface area (Å²) in [7, 11) is -4.01. The van der Waals surface area contributed by atoms with Crippen molar-refractivity contribution in [1.29, 1.82) is 0 Å². The van der Waals surface area contributed by atoms with Gasteiger partial charge in [-0.05, 0) is 49.4 Å². The van der Waals surface area contributed by atoms with Crippen LogP contribution in [0.1, 0.15) is 11.3 Å². The van der Waals surface area contributed by atoms with Crippen LogP contribution in [0.3, 0.4) is 0 Å². The van der Waals surface area contributed by atoms with Crippen LogP contribution >= 0.6 is 35.0 Å². The first-order valence-corrected chi connectivity index (χ1v) is 13.0. The minimum Gasteiger partial charge on any atom is -0.468 e. The number of furan rings is 1. The van der Waals surface area contributed by atoms with Gasteiger partial charge in [0.05, 0.1) is 32.6 Å². The fraction of sp³-hybridized carbons (Fsp3) is 0.227.